The van der Waals surface area contributed by atoms with Gasteiger partial charge in [-0.3, -0.25) is 0 Å². The number of nitrogens with one attached hydrogen (secondary N) is 1. The lowest BCUT2D eigenvalue weighted by molar-refractivity contribution is 0.0210. The lowest BCUT2D eigenvalue weighted by atomic mass is 10.1. The minimum absolute atomic E-state index is 0.237. The van der Waals surface area contributed by atoms with E-state index in [1.54, 1.807) is 11.1 Å². The molecule has 2 aromatic heterocycles. The van der Waals surface area contributed by atoms with Crippen molar-refractivity contribution < 1.29 is 9.53 Å². The van der Waals surface area contributed by atoms with Crippen LogP contribution in [-0.2, 0) is 4.74 Å². The van der Waals surface area contributed by atoms with Crippen LogP contribution < -0.4 is 5.32 Å². The summed E-state index contributed by atoms with van der Waals surface area (Å²) in [5, 5.41) is 8.08. The van der Waals surface area contributed by atoms with Gasteiger partial charge in [0.2, 0.25) is 0 Å². The number of amides is 1. The molecule has 1 aromatic carbocycles. The van der Waals surface area contributed by atoms with Crippen LogP contribution in [0.2, 0.25) is 0 Å². The number of rotatable bonds is 3. The SMILES string of the molecule is CC(C)(C)OC(=O)N1CCC(Nc2cc(-c3ccccc3)nc3c(Br)cnn23)CC1. The van der Waals surface area contributed by atoms with Gasteiger partial charge >= 0.3 is 6.09 Å². The highest BCUT2D eigenvalue weighted by atomic mass is 79.9. The average molecular weight is 472 g/mol. The summed E-state index contributed by atoms with van der Waals surface area (Å²) in [6.07, 6.45) is 3.20. The van der Waals surface area contributed by atoms with Crippen LogP contribution in [-0.4, -0.2) is 50.3 Å². The molecule has 1 fully saturated rings. The van der Waals surface area contributed by atoms with Crippen LogP contribution in [0.25, 0.3) is 16.9 Å². The van der Waals surface area contributed by atoms with Crippen molar-refractivity contribution in [3.8, 4) is 11.3 Å². The number of ether oxygens (including phenoxy) is 1. The van der Waals surface area contributed by atoms with Crippen molar-refractivity contribution in [2.24, 2.45) is 0 Å². The zero-order valence-corrected chi connectivity index (χ0v) is 19.0. The predicted octanol–water partition coefficient (Wildman–Crippen LogP) is 4.97. The number of nitrogens with zero attached hydrogens (tertiary/aromatic N) is 4. The Hall–Kier alpha value is -2.61. The second-order valence-corrected chi connectivity index (χ2v) is 9.36. The van der Waals surface area contributed by atoms with Crippen molar-refractivity contribution in [1.29, 1.82) is 0 Å². The van der Waals surface area contributed by atoms with Gasteiger partial charge in [0.25, 0.3) is 0 Å². The minimum atomic E-state index is -0.476. The molecule has 3 heterocycles. The van der Waals surface area contributed by atoms with E-state index >= 15 is 0 Å². The first-order valence-electron chi connectivity index (χ1n) is 10.1. The molecule has 7 nitrogen and oxygen atoms in total. The Labute approximate surface area is 184 Å². The van der Waals surface area contributed by atoms with Crippen LogP contribution in [0.15, 0.2) is 47.1 Å². The fourth-order valence-electron chi connectivity index (χ4n) is 3.54. The van der Waals surface area contributed by atoms with Crippen molar-refractivity contribution in [2.45, 2.75) is 45.3 Å². The van der Waals surface area contributed by atoms with E-state index in [-0.39, 0.29) is 12.1 Å². The largest absolute Gasteiger partial charge is 0.444 e. The third-order valence-corrected chi connectivity index (χ3v) is 5.56. The number of hydrogen-bond acceptors (Lipinski definition) is 5. The van der Waals surface area contributed by atoms with Crippen LogP contribution >= 0.6 is 15.9 Å². The van der Waals surface area contributed by atoms with Crippen molar-refractivity contribution >= 4 is 33.5 Å². The molecule has 8 heteroatoms. The smallest absolute Gasteiger partial charge is 0.410 e. The monoisotopic (exact) mass is 471 g/mol. The van der Waals surface area contributed by atoms with Gasteiger partial charge in [-0.15, -0.1) is 0 Å². The first-order chi connectivity index (χ1) is 14.3. The number of benzene rings is 1. The van der Waals surface area contributed by atoms with E-state index in [1.165, 1.54) is 0 Å². The third kappa shape index (κ3) is 4.59. The number of fused-ring (bicyclic) bond motifs is 1. The summed E-state index contributed by atoms with van der Waals surface area (Å²) in [6.45, 7) is 6.99. The van der Waals surface area contributed by atoms with Gasteiger partial charge in [0.15, 0.2) is 5.65 Å². The topological polar surface area (TPSA) is 71.8 Å². The molecule has 158 valence electrons. The highest BCUT2D eigenvalue weighted by Gasteiger charge is 2.27. The van der Waals surface area contributed by atoms with E-state index in [4.69, 9.17) is 9.72 Å². The maximum absolute atomic E-state index is 12.3. The second kappa shape index (κ2) is 8.26. The van der Waals surface area contributed by atoms with Gasteiger partial charge in [-0.05, 0) is 49.5 Å². The molecular formula is C22H26BrN5O2. The van der Waals surface area contributed by atoms with E-state index in [2.05, 4.69) is 26.3 Å². The molecule has 0 bridgehead atoms. The van der Waals surface area contributed by atoms with Crippen LogP contribution in [0, 0.1) is 0 Å². The number of halogens is 1. The van der Waals surface area contributed by atoms with E-state index < -0.39 is 5.60 Å². The molecule has 0 atom stereocenters. The number of likely N-dealkylation sites (tertiary alicyclic amines) is 1. The molecular weight excluding hydrogens is 446 g/mol. The summed E-state index contributed by atoms with van der Waals surface area (Å²) in [5.74, 6) is 0.889. The van der Waals surface area contributed by atoms with Gasteiger partial charge in [-0.2, -0.15) is 9.61 Å². The standard InChI is InChI=1S/C22H26BrN5O2/c1-22(2,3)30-21(29)27-11-9-16(10-12-27)25-19-13-18(15-7-5-4-6-8-15)26-20-17(23)14-24-28(19)20/h4-8,13-14,16,25H,9-12H2,1-3H3. The van der Waals surface area contributed by atoms with Crippen LogP contribution in [0.4, 0.5) is 10.6 Å². The number of aromatic nitrogens is 3. The molecule has 1 amide bonds. The molecule has 1 N–H and O–H groups in total. The van der Waals surface area contributed by atoms with Gasteiger partial charge in [-0.25, -0.2) is 9.78 Å². The van der Waals surface area contributed by atoms with Crippen LogP contribution in [0.5, 0.6) is 0 Å². The lowest BCUT2D eigenvalue weighted by Crippen LogP contribution is -2.44. The van der Waals surface area contributed by atoms with Crippen molar-refractivity contribution in [1.82, 2.24) is 19.5 Å². The molecule has 0 saturated carbocycles. The maximum Gasteiger partial charge on any atom is 0.410 e. The Balaban J connectivity index is 1.51. The summed E-state index contributed by atoms with van der Waals surface area (Å²) < 4.78 is 8.16. The Bertz CT molecular complexity index is 1040. The molecule has 0 aliphatic carbocycles. The van der Waals surface area contributed by atoms with Crippen molar-refractivity contribution in [3.05, 3.63) is 47.1 Å². The Morgan fingerprint density at radius 1 is 1.20 bits per heavy atom. The highest BCUT2D eigenvalue weighted by molar-refractivity contribution is 9.10. The zero-order chi connectivity index (χ0) is 21.3. The highest BCUT2D eigenvalue weighted by Crippen LogP contribution is 2.27. The number of anilines is 1. The fraction of sp³-hybridized carbons (Fsp3) is 0.409. The van der Waals surface area contributed by atoms with Gasteiger partial charge in [0.05, 0.1) is 16.4 Å². The summed E-state index contributed by atoms with van der Waals surface area (Å²) in [4.78, 5) is 18.9. The van der Waals surface area contributed by atoms with Gasteiger partial charge < -0.3 is 15.0 Å². The quantitative estimate of drug-likeness (QED) is 0.583. The van der Waals surface area contributed by atoms with Gasteiger partial charge in [-0.1, -0.05) is 30.3 Å². The van der Waals surface area contributed by atoms with Crippen molar-refractivity contribution in [2.75, 3.05) is 18.4 Å². The normalized spacial score (nSPS) is 15.4. The number of carbonyl (C=O) groups excluding carboxylic acids is 1. The number of piperidine rings is 1. The molecule has 3 aromatic rings. The predicted molar refractivity (Wildman–Crippen MR) is 121 cm³/mol. The first-order valence-corrected chi connectivity index (χ1v) is 10.9. The summed E-state index contributed by atoms with van der Waals surface area (Å²) in [5.41, 5.74) is 2.23. The molecule has 0 radical (unpaired) electrons. The van der Waals surface area contributed by atoms with Crippen molar-refractivity contribution in [3.63, 3.8) is 0 Å². The fourth-order valence-corrected chi connectivity index (χ4v) is 3.89. The molecule has 0 unspecified atom stereocenters. The summed E-state index contributed by atoms with van der Waals surface area (Å²) >= 11 is 3.55. The first kappa shape index (κ1) is 20.7. The molecule has 0 spiro atoms. The minimum Gasteiger partial charge on any atom is -0.444 e. The van der Waals surface area contributed by atoms with E-state index in [0.717, 1.165) is 40.0 Å². The second-order valence-electron chi connectivity index (χ2n) is 8.51. The molecule has 1 aliphatic rings. The van der Waals surface area contributed by atoms with Crippen LogP contribution in [0.1, 0.15) is 33.6 Å². The molecule has 4 rings (SSSR count). The van der Waals surface area contributed by atoms with E-state index in [0.29, 0.717) is 13.1 Å². The average Bonchev–Trinajstić information content (AvgIpc) is 3.09. The van der Waals surface area contributed by atoms with Gasteiger partial charge in [0.1, 0.15) is 11.4 Å². The molecule has 1 aliphatic heterocycles. The third-order valence-electron chi connectivity index (χ3n) is 5.00. The van der Waals surface area contributed by atoms with Crippen LogP contribution in [0.3, 0.4) is 0 Å². The Morgan fingerprint density at radius 3 is 2.57 bits per heavy atom. The molecule has 1 saturated heterocycles. The van der Waals surface area contributed by atoms with E-state index in [1.807, 2.05) is 61.7 Å². The summed E-state index contributed by atoms with van der Waals surface area (Å²) in [6, 6.07) is 12.4. The number of carbonyl (C=O) groups is 1. The lowest BCUT2D eigenvalue weighted by Gasteiger charge is -2.34. The zero-order valence-electron chi connectivity index (χ0n) is 17.4. The Morgan fingerprint density at radius 2 is 1.90 bits per heavy atom. The maximum atomic E-state index is 12.3. The number of hydrogen-bond donors (Lipinski definition) is 1. The summed E-state index contributed by atoms with van der Waals surface area (Å²) in [7, 11) is 0. The molecule has 30 heavy (non-hydrogen) atoms. The van der Waals surface area contributed by atoms with Gasteiger partial charge in [0, 0.05) is 30.8 Å². The Kier molecular flexibility index (Phi) is 5.69. The van der Waals surface area contributed by atoms with E-state index in [9.17, 15) is 4.79 Å².